The molecule has 1 atom stereocenters. The van der Waals surface area contributed by atoms with E-state index in [-0.39, 0.29) is 11.9 Å². The molecule has 2 aromatic heterocycles. The number of carbonyl (C=O) groups is 1. The summed E-state index contributed by atoms with van der Waals surface area (Å²) in [6, 6.07) is 4.12. The molecule has 23 heavy (non-hydrogen) atoms. The number of ether oxygens (including phenoxy) is 1. The first-order valence-corrected chi connectivity index (χ1v) is 8.78. The van der Waals surface area contributed by atoms with E-state index < -0.39 is 0 Å². The van der Waals surface area contributed by atoms with Crippen LogP contribution < -0.4 is 0 Å². The molecular weight excluding hydrogens is 310 g/mol. The van der Waals surface area contributed by atoms with Crippen LogP contribution in [-0.2, 0) is 22.4 Å². The molecule has 1 fully saturated rings. The maximum absolute atomic E-state index is 12.6. The lowest BCUT2D eigenvalue weighted by Crippen LogP contribution is -2.49. The summed E-state index contributed by atoms with van der Waals surface area (Å²) in [4.78, 5) is 24.4. The minimum Gasteiger partial charge on any atom is -0.377 e. The van der Waals surface area contributed by atoms with E-state index in [0.29, 0.717) is 26.2 Å². The molecule has 0 aromatic carbocycles. The minimum absolute atomic E-state index is 0.123. The molecular formula is C17H21N3O2S. The van der Waals surface area contributed by atoms with E-state index in [0.717, 1.165) is 29.1 Å². The summed E-state index contributed by atoms with van der Waals surface area (Å²) in [5, 5.41) is 2.01. The van der Waals surface area contributed by atoms with Gasteiger partial charge in [-0.2, -0.15) is 0 Å². The number of thiophene rings is 1. The first kappa shape index (κ1) is 16.1. The molecule has 1 amide bonds. The number of aromatic nitrogens is 2. The third kappa shape index (κ3) is 4.14. The zero-order valence-electron chi connectivity index (χ0n) is 13.3. The van der Waals surface area contributed by atoms with Gasteiger partial charge >= 0.3 is 0 Å². The second-order valence-electron chi connectivity index (χ2n) is 5.70. The van der Waals surface area contributed by atoms with Crippen LogP contribution in [0.2, 0.25) is 0 Å². The third-order valence-electron chi connectivity index (χ3n) is 4.15. The molecule has 3 rings (SSSR count). The molecule has 0 N–H and O–H groups in total. The van der Waals surface area contributed by atoms with Crippen molar-refractivity contribution in [3.8, 4) is 0 Å². The van der Waals surface area contributed by atoms with Crippen LogP contribution in [0.5, 0.6) is 0 Å². The Labute approximate surface area is 140 Å². The lowest BCUT2D eigenvalue weighted by atomic mass is 10.1. The average Bonchev–Trinajstić information content (AvgIpc) is 3.07. The predicted octanol–water partition coefficient (Wildman–Crippen LogP) is 2.25. The Morgan fingerprint density at radius 2 is 2.30 bits per heavy atom. The molecule has 122 valence electrons. The Balaban J connectivity index is 1.62. The zero-order chi connectivity index (χ0) is 16.1. The lowest BCUT2D eigenvalue weighted by Gasteiger charge is -2.35. The number of hydrogen-bond donors (Lipinski definition) is 0. The molecule has 1 aliphatic heterocycles. The summed E-state index contributed by atoms with van der Waals surface area (Å²) >= 11 is 1.63. The maximum atomic E-state index is 12.6. The van der Waals surface area contributed by atoms with Crippen molar-refractivity contribution in [2.75, 3.05) is 19.8 Å². The minimum atomic E-state index is 0.123. The van der Waals surface area contributed by atoms with E-state index in [1.165, 1.54) is 0 Å². The van der Waals surface area contributed by atoms with Gasteiger partial charge in [0, 0.05) is 23.8 Å². The highest BCUT2D eigenvalue weighted by Gasteiger charge is 2.27. The Kier molecular flexibility index (Phi) is 5.35. The summed E-state index contributed by atoms with van der Waals surface area (Å²) in [5.74, 6) is 0.191. The average molecular weight is 331 g/mol. The van der Waals surface area contributed by atoms with Gasteiger partial charge in [-0.25, -0.2) is 0 Å². The van der Waals surface area contributed by atoms with Crippen LogP contribution in [0.3, 0.4) is 0 Å². The molecule has 0 bridgehead atoms. The van der Waals surface area contributed by atoms with Crippen molar-refractivity contribution in [1.29, 1.82) is 0 Å². The van der Waals surface area contributed by atoms with E-state index in [9.17, 15) is 4.79 Å². The molecule has 6 heteroatoms. The second-order valence-corrected chi connectivity index (χ2v) is 6.73. The van der Waals surface area contributed by atoms with Crippen molar-refractivity contribution in [2.24, 2.45) is 0 Å². The van der Waals surface area contributed by atoms with E-state index in [2.05, 4.69) is 9.97 Å². The van der Waals surface area contributed by atoms with Crippen LogP contribution >= 0.6 is 11.3 Å². The SMILES string of the molecule is Cc1nccnc1CC[C@@H]1COCCN1C(=O)Cc1cccs1. The van der Waals surface area contributed by atoms with Gasteiger partial charge in [-0.1, -0.05) is 6.07 Å². The van der Waals surface area contributed by atoms with Crippen LogP contribution in [0.25, 0.3) is 0 Å². The van der Waals surface area contributed by atoms with Gasteiger partial charge in [0.25, 0.3) is 0 Å². The quantitative estimate of drug-likeness (QED) is 0.843. The summed E-state index contributed by atoms with van der Waals surface area (Å²) in [6.07, 6.45) is 5.59. The van der Waals surface area contributed by atoms with Gasteiger partial charge in [-0.15, -0.1) is 11.3 Å². The molecule has 3 heterocycles. The van der Waals surface area contributed by atoms with Crippen molar-refractivity contribution >= 4 is 17.2 Å². The lowest BCUT2D eigenvalue weighted by molar-refractivity contribution is -0.139. The fourth-order valence-electron chi connectivity index (χ4n) is 2.87. The summed E-state index contributed by atoms with van der Waals surface area (Å²) in [5.41, 5.74) is 1.96. The number of hydrogen-bond acceptors (Lipinski definition) is 5. The Bertz CT molecular complexity index is 645. The van der Waals surface area contributed by atoms with Gasteiger partial charge in [-0.05, 0) is 31.2 Å². The van der Waals surface area contributed by atoms with E-state index in [4.69, 9.17) is 4.74 Å². The van der Waals surface area contributed by atoms with E-state index in [1.54, 1.807) is 23.7 Å². The highest BCUT2D eigenvalue weighted by Crippen LogP contribution is 2.17. The largest absolute Gasteiger partial charge is 0.377 e. The van der Waals surface area contributed by atoms with Crippen LogP contribution in [0, 0.1) is 6.92 Å². The van der Waals surface area contributed by atoms with Crippen LogP contribution in [0.4, 0.5) is 0 Å². The topological polar surface area (TPSA) is 55.3 Å². The molecule has 0 saturated carbocycles. The fraction of sp³-hybridized carbons (Fsp3) is 0.471. The van der Waals surface area contributed by atoms with E-state index >= 15 is 0 Å². The highest BCUT2D eigenvalue weighted by molar-refractivity contribution is 7.10. The van der Waals surface area contributed by atoms with Gasteiger partial charge in [0.1, 0.15) is 0 Å². The first-order valence-electron chi connectivity index (χ1n) is 7.90. The number of morpholine rings is 1. The Hall–Kier alpha value is -1.79. The van der Waals surface area contributed by atoms with Crippen LogP contribution in [-0.4, -0.2) is 46.6 Å². The van der Waals surface area contributed by atoms with Crippen molar-refractivity contribution in [1.82, 2.24) is 14.9 Å². The van der Waals surface area contributed by atoms with Gasteiger partial charge in [0.15, 0.2) is 0 Å². The number of rotatable bonds is 5. The molecule has 1 saturated heterocycles. The van der Waals surface area contributed by atoms with Gasteiger partial charge < -0.3 is 9.64 Å². The molecule has 0 spiro atoms. The number of aryl methyl sites for hydroxylation is 2. The van der Waals surface area contributed by atoms with Crippen LogP contribution in [0.15, 0.2) is 29.9 Å². The fourth-order valence-corrected chi connectivity index (χ4v) is 3.57. The standard InChI is InChI=1S/C17H21N3O2S/c1-13-16(19-7-6-18-13)5-4-14-12-22-9-8-20(14)17(21)11-15-3-2-10-23-15/h2-3,6-7,10,14H,4-5,8-9,11-12H2,1H3/t14-/m1/s1. The number of nitrogens with zero attached hydrogens (tertiary/aromatic N) is 3. The van der Waals surface area contributed by atoms with Gasteiger partial charge in [-0.3, -0.25) is 14.8 Å². The third-order valence-corrected chi connectivity index (χ3v) is 5.03. The van der Waals surface area contributed by atoms with Crippen LogP contribution in [0.1, 0.15) is 22.7 Å². The summed E-state index contributed by atoms with van der Waals surface area (Å²) in [6.45, 7) is 3.88. The zero-order valence-corrected chi connectivity index (χ0v) is 14.1. The molecule has 0 radical (unpaired) electrons. The van der Waals surface area contributed by atoms with Crippen molar-refractivity contribution in [3.05, 3.63) is 46.2 Å². The van der Waals surface area contributed by atoms with Crippen molar-refractivity contribution in [3.63, 3.8) is 0 Å². The molecule has 2 aromatic rings. The number of carbonyl (C=O) groups excluding carboxylic acids is 1. The van der Waals surface area contributed by atoms with Crippen molar-refractivity contribution in [2.45, 2.75) is 32.2 Å². The van der Waals surface area contributed by atoms with Crippen molar-refractivity contribution < 1.29 is 9.53 Å². The maximum Gasteiger partial charge on any atom is 0.228 e. The first-order chi connectivity index (χ1) is 11.2. The highest BCUT2D eigenvalue weighted by atomic mass is 32.1. The van der Waals surface area contributed by atoms with Gasteiger partial charge in [0.2, 0.25) is 5.91 Å². The predicted molar refractivity (Wildman–Crippen MR) is 89.4 cm³/mol. The smallest absolute Gasteiger partial charge is 0.228 e. The summed E-state index contributed by atoms with van der Waals surface area (Å²) < 4.78 is 5.59. The molecule has 0 unspecified atom stereocenters. The van der Waals surface area contributed by atoms with Gasteiger partial charge in [0.05, 0.1) is 37.1 Å². The molecule has 0 aliphatic carbocycles. The second kappa shape index (κ2) is 7.66. The molecule has 1 aliphatic rings. The Morgan fingerprint density at radius 3 is 3.09 bits per heavy atom. The van der Waals surface area contributed by atoms with E-state index in [1.807, 2.05) is 29.3 Å². The normalized spacial score (nSPS) is 18.1. The summed E-state index contributed by atoms with van der Waals surface area (Å²) in [7, 11) is 0. The Morgan fingerprint density at radius 1 is 1.43 bits per heavy atom. The monoisotopic (exact) mass is 331 g/mol. The molecule has 5 nitrogen and oxygen atoms in total. The number of amides is 1.